The molecular weight excluding hydrogens is 297 g/mol. The Morgan fingerprint density at radius 2 is 1.76 bits per heavy atom. The molecule has 0 saturated heterocycles. The summed E-state index contributed by atoms with van der Waals surface area (Å²) >= 11 is -0.0769. The minimum atomic E-state index is -4.22. The van der Waals surface area contributed by atoms with Gasteiger partial charge in [-0.05, 0) is 49.0 Å². The first-order valence-electron chi connectivity index (χ1n) is 7.22. The third-order valence-electron chi connectivity index (χ3n) is 3.08. The Bertz CT molecular complexity index is 393. The van der Waals surface area contributed by atoms with E-state index >= 15 is 0 Å². The second-order valence-electron chi connectivity index (χ2n) is 4.80. The van der Waals surface area contributed by atoms with Crippen LogP contribution in [0.2, 0.25) is 0 Å². The standard InChI is InChI=1S/C15H23F3N2S/c1-3-10-20(4-2)11-9-19-12-13-5-7-14(8-6-13)21-15(16,17)18/h5-8,19H,3-4,9-12H2,1-2H3. The fourth-order valence-electron chi connectivity index (χ4n) is 2.02. The van der Waals surface area contributed by atoms with Crippen LogP contribution >= 0.6 is 11.8 Å². The topological polar surface area (TPSA) is 15.3 Å². The highest BCUT2D eigenvalue weighted by Crippen LogP contribution is 2.36. The summed E-state index contributed by atoms with van der Waals surface area (Å²) < 4.78 is 36.6. The lowest BCUT2D eigenvalue weighted by atomic mass is 10.2. The third-order valence-corrected chi connectivity index (χ3v) is 3.82. The molecule has 0 radical (unpaired) electrons. The average Bonchev–Trinajstić information content (AvgIpc) is 2.42. The van der Waals surface area contributed by atoms with E-state index in [-0.39, 0.29) is 16.7 Å². The van der Waals surface area contributed by atoms with E-state index in [9.17, 15) is 13.2 Å². The van der Waals surface area contributed by atoms with E-state index in [1.807, 2.05) is 0 Å². The van der Waals surface area contributed by atoms with Crippen molar-refractivity contribution < 1.29 is 13.2 Å². The number of nitrogens with zero attached hydrogens (tertiary/aromatic N) is 1. The Balaban J connectivity index is 2.30. The van der Waals surface area contributed by atoms with Gasteiger partial charge in [-0.25, -0.2) is 0 Å². The summed E-state index contributed by atoms with van der Waals surface area (Å²) in [5, 5.41) is 3.32. The van der Waals surface area contributed by atoms with Crippen LogP contribution in [0.1, 0.15) is 25.8 Å². The van der Waals surface area contributed by atoms with Crippen molar-refractivity contribution in [1.82, 2.24) is 10.2 Å². The summed E-state index contributed by atoms with van der Waals surface area (Å²) in [5.74, 6) is 0. The molecule has 0 amide bonds. The molecule has 0 spiro atoms. The molecule has 0 unspecified atom stereocenters. The van der Waals surface area contributed by atoms with Crippen molar-refractivity contribution in [2.75, 3.05) is 26.2 Å². The van der Waals surface area contributed by atoms with Crippen molar-refractivity contribution in [3.63, 3.8) is 0 Å². The quantitative estimate of drug-likeness (QED) is 0.544. The van der Waals surface area contributed by atoms with Crippen LogP contribution in [-0.2, 0) is 6.54 Å². The van der Waals surface area contributed by atoms with Gasteiger partial charge in [-0.2, -0.15) is 13.2 Å². The van der Waals surface area contributed by atoms with E-state index in [1.165, 1.54) is 12.1 Å². The molecule has 0 aliphatic heterocycles. The number of halogens is 3. The Morgan fingerprint density at radius 1 is 1.10 bits per heavy atom. The van der Waals surface area contributed by atoms with Gasteiger partial charge in [0.05, 0.1) is 0 Å². The zero-order valence-electron chi connectivity index (χ0n) is 12.5. The largest absolute Gasteiger partial charge is 0.446 e. The maximum absolute atomic E-state index is 12.2. The van der Waals surface area contributed by atoms with Gasteiger partial charge in [-0.1, -0.05) is 26.0 Å². The molecule has 0 aromatic heterocycles. The first-order chi connectivity index (χ1) is 9.94. The van der Waals surface area contributed by atoms with Gasteiger partial charge in [-0.15, -0.1) is 0 Å². The lowest BCUT2D eigenvalue weighted by molar-refractivity contribution is -0.0328. The SMILES string of the molecule is CCCN(CC)CCNCc1ccc(SC(F)(F)F)cc1. The summed E-state index contributed by atoms with van der Waals surface area (Å²) in [6.07, 6.45) is 1.15. The van der Waals surface area contributed by atoms with E-state index in [1.54, 1.807) is 12.1 Å². The van der Waals surface area contributed by atoms with Crippen LogP contribution in [0.25, 0.3) is 0 Å². The fourth-order valence-corrected chi connectivity index (χ4v) is 2.56. The van der Waals surface area contributed by atoms with Crippen molar-refractivity contribution in [3.05, 3.63) is 29.8 Å². The Kier molecular flexibility index (Phi) is 8.14. The molecule has 0 aliphatic rings. The highest BCUT2D eigenvalue weighted by Gasteiger charge is 2.28. The van der Waals surface area contributed by atoms with Gasteiger partial charge in [0.15, 0.2) is 0 Å². The van der Waals surface area contributed by atoms with Crippen molar-refractivity contribution in [1.29, 1.82) is 0 Å². The molecule has 0 fully saturated rings. The molecule has 0 bridgehead atoms. The number of nitrogens with one attached hydrogen (secondary N) is 1. The number of hydrogen-bond acceptors (Lipinski definition) is 3. The molecule has 21 heavy (non-hydrogen) atoms. The molecule has 1 N–H and O–H groups in total. The smallest absolute Gasteiger partial charge is 0.311 e. The zero-order chi connectivity index (χ0) is 15.7. The van der Waals surface area contributed by atoms with Crippen molar-refractivity contribution in [3.8, 4) is 0 Å². The predicted octanol–water partition coefficient (Wildman–Crippen LogP) is 4.12. The predicted molar refractivity (Wildman–Crippen MR) is 82.5 cm³/mol. The number of benzene rings is 1. The van der Waals surface area contributed by atoms with Crippen molar-refractivity contribution in [2.24, 2.45) is 0 Å². The van der Waals surface area contributed by atoms with Gasteiger partial charge < -0.3 is 10.2 Å². The molecule has 1 rings (SSSR count). The maximum Gasteiger partial charge on any atom is 0.446 e. The molecule has 2 nitrogen and oxygen atoms in total. The monoisotopic (exact) mass is 320 g/mol. The van der Waals surface area contributed by atoms with Crippen LogP contribution in [-0.4, -0.2) is 36.6 Å². The molecule has 1 aromatic carbocycles. The Hall–Kier alpha value is -0.720. The van der Waals surface area contributed by atoms with Crippen molar-refractivity contribution >= 4 is 11.8 Å². The maximum atomic E-state index is 12.2. The Labute approximate surface area is 129 Å². The van der Waals surface area contributed by atoms with Crippen LogP contribution in [0.4, 0.5) is 13.2 Å². The molecule has 0 aliphatic carbocycles. The number of hydrogen-bond donors (Lipinski definition) is 1. The van der Waals surface area contributed by atoms with Crippen LogP contribution < -0.4 is 5.32 Å². The summed E-state index contributed by atoms with van der Waals surface area (Å²) in [6, 6.07) is 6.52. The molecular formula is C15H23F3N2S. The van der Waals surface area contributed by atoms with Gasteiger partial charge in [-0.3, -0.25) is 0 Å². The number of rotatable bonds is 9. The number of thioether (sulfide) groups is 1. The number of likely N-dealkylation sites (N-methyl/N-ethyl adjacent to an activating group) is 1. The molecule has 0 heterocycles. The first kappa shape index (κ1) is 18.3. The lowest BCUT2D eigenvalue weighted by Crippen LogP contribution is -2.32. The van der Waals surface area contributed by atoms with Crippen LogP contribution in [0.15, 0.2) is 29.2 Å². The van der Waals surface area contributed by atoms with Crippen LogP contribution in [0, 0.1) is 0 Å². The van der Waals surface area contributed by atoms with Gasteiger partial charge >= 0.3 is 5.51 Å². The third kappa shape index (κ3) is 8.34. The fraction of sp³-hybridized carbons (Fsp3) is 0.600. The molecule has 0 atom stereocenters. The zero-order valence-corrected chi connectivity index (χ0v) is 13.4. The van der Waals surface area contributed by atoms with Crippen LogP contribution in [0.3, 0.4) is 0 Å². The normalized spacial score (nSPS) is 12.1. The molecule has 6 heteroatoms. The van der Waals surface area contributed by atoms with Gasteiger partial charge in [0, 0.05) is 24.5 Å². The average molecular weight is 320 g/mol. The van der Waals surface area contributed by atoms with Gasteiger partial charge in [0.2, 0.25) is 0 Å². The minimum absolute atomic E-state index is 0.0769. The van der Waals surface area contributed by atoms with E-state index in [2.05, 4.69) is 24.1 Å². The molecule has 1 aromatic rings. The summed E-state index contributed by atoms with van der Waals surface area (Å²) in [7, 11) is 0. The minimum Gasteiger partial charge on any atom is -0.311 e. The molecule has 0 saturated carbocycles. The van der Waals surface area contributed by atoms with E-state index in [0.29, 0.717) is 6.54 Å². The van der Waals surface area contributed by atoms with E-state index in [0.717, 1.165) is 38.2 Å². The van der Waals surface area contributed by atoms with E-state index in [4.69, 9.17) is 0 Å². The second kappa shape index (κ2) is 9.33. The summed E-state index contributed by atoms with van der Waals surface area (Å²) in [5.41, 5.74) is -3.22. The Morgan fingerprint density at radius 3 is 2.29 bits per heavy atom. The highest BCUT2D eigenvalue weighted by molar-refractivity contribution is 8.00. The summed E-state index contributed by atoms with van der Waals surface area (Å²) in [4.78, 5) is 2.60. The highest BCUT2D eigenvalue weighted by atomic mass is 32.2. The van der Waals surface area contributed by atoms with Gasteiger partial charge in [0.25, 0.3) is 0 Å². The second-order valence-corrected chi connectivity index (χ2v) is 5.94. The summed E-state index contributed by atoms with van der Waals surface area (Å²) in [6.45, 7) is 9.00. The van der Waals surface area contributed by atoms with E-state index < -0.39 is 5.51 Å². The molecule has 120 valence electrons. The van der Waals surface area contributed by atoms with Crippen LogP contribution in [0.5, 0.6) is 0 Å². The van der Waals surface area contributed by atoms with Gasteiger partial charge in [0.1, 0.15) is 0 Å². The number of alkyl halides is 3. The van der Waals surface area contributed by atoms with Crippen molar-refractivity contribution in [2.45, 2.75) is 37.2 Å². The lowest BCUT2D eigenvalue weighted by Gasteiger charge is -2.19. The first-order valence-corrected chi connectivity index (χ1v) is 8.04.